The zero-order valence-corrected chi connectivity index (χ0v) is 19.5. The minimum absolute atomic E-state index is 0.189. The lowest BCUT2D eigenvalue weighted by Gasteiger charge is -2.30. The molecule has 1 rings (SSSR count). The van der Waals surface area contributed by atoms with Gasteiger partial charge in [-0.15, -0.1) is 0 Å². The van der Waals surface area contributed by atoms with Gasteiger partial charge in [-0.3, -0.25) is 9.79 Å². The summed E-state index contributed by atoms with van der Waals surface area (Å²) in [6, 6.07) is 0.383. The van der Waals surface area contributed by atoms with E-state index in [1.165, 1.54) is 25.7 Å². The number of nitrogens with two attached hydrogens (primary N) is 1. The normalized spacial score (nSPS) is 16.1. The number of nitrogens with one attached hydrogen (secondary N) is 2. The first-order valence-corrected chi connectivity index (χ1v) is 12.4. The molecule has 0 atom stereocenters. The number of nitrogens with zero attached hydrogens (tertiary/aromatic N) is 1. The van der Waals surface area contributed by atoms with Crippen molar-refractivity contribution in [3.8, 4) is 0 Å². The second-order valence-corrected chi connectivity index (χ2v) is 8.94. The molecule has 4 N–H and O–H groups in total. The summed E-state index contributed by atoms with van der Waals surface area (Å²) < 4.78 is 0. The van der Waals surface area contributed by atoms with Crippen molar-refractivity contribution in [2.75, 3.05) is 6.54 Å². The summed E-state index contributed by atoms with van der Waals surface area (Å²) in [6.45, 7) is 4.88. The van der Waals surface area contributed by atoms with Gasteiger partial charge in [0.15, 0.2) is 5.96 Å². The van der Waals surface area contributed by atoms with E-state index in [0.717, 1.165) is 76.9 Å². The quantitative estimate of drug-likeness (QED) is 0.118. The van der Waals surface area contributed by atoms with Gasteiger partial charge in [0.25, 0.3) is 0 Å². The summed E-state index contributed by atoms with van der Waals surface area (Å²) in [6.07, 6.45) is 17.4. The summed E-state index contributed by atoms with van der Waals surface area (Å²) in [7, 11) is 0. The van der Waals surface area contributed by atoms with E-state index < -0.39 is 5.54 Å². The number of amides is 1. The van der Waals surface area contributed by atoms with Crippen molar-refractivity contribution < 1.29 is 9.59 Å². The average molecular weight is 423 g/mol. The monoisotopic (exact) mass is 422 g/mol. The highest BCUT2D eigenvalue weighted by atomic mass is 16.1. The van der Waals surface area contributed by atoms with E-state index in [4.69, 9.17) is 5.73 Å². The third-order valence-corrected chi connectivity index (χ3v) is 6.12. The summed E-state index contributed by atoms with van der Waals surface area (Å²) in [5.74, 6) is 0.551. The summed E-state index contributed by atoms with van der Waals surface area (Å²) in [5, 5.41) is 6.41. The molecule has 1 amide bonds. The molecule has 0 unspecified atom stereocenters. The Morgan fingerprint density at radius 1 is 1.00 bits per heavy atom. The number of rotatable bonds is 15. The third-order valence-electron chi connectivity index (χ3n) is 6.12. The third kappa shape index (κ3) is 11.6. The van der Waals surface area contributed by atoms with Crippen LogP contribution in [0.3, 0.4) is 0 Å². The molecule has 0 spiro atoms. The maximum Gasteiger partial charge on any atom is 0.220 e. The Morgan fingerprint density at radius 3 is 2.20 bits per heavy atom. The first kappa shape index (κ1) is 26.4. The van der Waals surface area contributed by atoms with Crippen LogP contribution in [0, 0.1) is 0 Å². The predicted molar refractivity (Wildman–Crippen MR) is 126 cm³/mol. The fourth-order valence-corrected chi connectivity index (χ4v) is 4.17. The molecular formula is C24H46N4O2. The molecule has 1 saturated carbocycles. The van der Waals surface area contributed by atoms with Crippen LogP contribution in [0.4, 0.5) is 0 Å². The van der Waals surface area contributed by atoms with E-state index >= 15 is 0 Å². The Kier molecular flexibility index (Phi) is 14.2. The SMILES string of the molecule is CCCCC(C=O)(CCCC)NC(N)=NCCCCCC(=O)NC1CCCCCC1. The van der Waals surface area contributed by atoms with Crippen LogP contribution in [-0.2, 0) is 9.59 Å². The Morgan fingerprint density at radius 2 is 1.63 bits per heavy atom. The Balaban J connectivity index is 2.27. The van der Waals surface area contributed by atoms with Gasteiger partial charge in [-0.25, -0.2) is 0 Å². The van der Waals surface area contributed by atoms with Crippen LogP contribution in [0.25, 0.3) is 0 Å². The number of unbranched alkanes of at least 4 members (excludes halogenated alkanes) is 4. The largest absolute Gasteiger partial charge is 0.370 e. The molecule has 30 heavy (non-hydrogen) atoms. The maximum atomic E-state index is 12.1. The molecule has 0 radical (unpaired) electrons. The van der Waals surface area contributed by atoms with Crippen LogP contribution in [0.5, 0.6) is 0 Å². The topological polar surface area (TPSA) is 96.6 Å². The average Bonchev–Trinajstić information content (AvgIpc) is 3.01. The van der Waals surface area contributed by atoms with Crippen LogP contribution in [0.2, 0.25) is 0 Å². The number of aldehydes is 1. The van der Waals surface area contributed by atoms with Gasteiger partial charge in [0, 0.05) is 19.0 Å². The molecule has 1 aliphatic rings. The van der Waals surface area contributed by atoms with Crippen LogP contribution < -0.4 is 16.4 Å². The Bertz CT molecular complexity index is 491. The standard InChI is InChI=1S/C24H46N4O2/c1-3-5-17-24(20-29,18-6-4-2)28-23(25)26-19-13-9-12-16-22(30)27-21-14-10-7-8-11-15-21/h20-21H,3-19H2,1-2H3,(H,27,30)(H3,25,26,28). The fraction of sp³-hybridized carbons (Fsp3) is 0.875. The van der Waals surface area contributed by atoms with Gasteiger partial charge in [0.1, 0.15) is 6.29 Å². The van der Waals surface area contributed by atoms with Crippen molar-refractivity contribution in [3.63, 3.8) is 0 Å². The second kappa shape index (κ2) is 16.1. The number of carbonyl (C=O) groups is 2. The van der Waals surface area contributed by atoms with E-state index in [0.29, 0.717) is 25.0 Å². The van der Waals surface area contributed by atoms with Crippen LogP contribution in [-0.4, -0.2) is 36.3 Å². The van der Waals surface area contributed by atoms with Gasteiger partial charge in [0.05, 0.1) is 5.54 Å². The van der Waals surface area contributed by atoms with Crippen molar-refractivity contribution in [2.45, 2.75) is 128 Å². The minimum atomic E-state index is -0.588. The number of hydrogen-bond donors (Lipinski definition) is 3. The summed E-state index contributed by atoms with van der Waals surface area (Å²) in [5.41, 5.74) is 5.49. The smallest absolute Gasteiger partial charge is 0.220 e. The number of hydrogen-bond acceptors (Lipinski definition) is 3. The van der Waals surface area contributed by atoms with Gasteiger partial charge in [0.2, 0.25) is 5.91 Å². The number of aliphatic imine (C=N–C) groups is 1. The Hall–Kier alpha value is -1.59. The van der Waals surface area contributed by atoms with Crippen molar-refractivity contribution in [3.05, 3.63) is 0 Å². The molecule has 0 aromatic rings. The van der Waals surface area contributed by atoms with E-state index in [2.05, 4.69) is 29.5 Å². The summed E-state index contributed by atoms with van der Waals surface area (Å²) >= 11 is 0. The van der Waals surface area contributed by atoms with Crippen molar-refractivity contribution >= 4 is 18.2 Å². The van der Waals surface area contributed by atoms with E-state index in [9.17, 15) is 9.59 Å². The number of guanidine groups is 1. The van der Waals surface area contributed by atoms with Crippen LogP contribution in [0.15, 0.2) is 4.99 Å². The first-order valence-electron chi connectivity index (χ1n) is 12.4. The first-order chi connectivity index (χ1) is 14.5. The molecule has 0 bridgehead atoms. The van der Waals surface area contributed by atoms with Gasteiger partial charge in [-0.1, -0.05) is 71.6 Å². The lowest BCUT2D eigenvalue weighted by Crippen LogP contribution is -2.52. The van der Waals surface area contributed by atoms with Gasteiger partial charge in [-0.2, -0.15) is 0 Å². The van der Waals surface area contributed by atoms with Crippen LogP contribution in [0.1, 0.15) is 117 Å². The molecule has 1 fully saturated rings. The van der Waals surface area contributed by atoms with E-state index in [1.807, 2.05) is 0 Å². The molecule has 6 heteroatoms. The van der Waals surface area contributed by atoms with Crippen LogP contribution >= 0.6 is 0 Å². The van der Waals surface area contributed by atoms with Gasteiger partial charge in [-0.05, 0) is 38.5 Å². The van der Waals surface area contributed by atoms with E-state index in [-0.39, 0.29) is 5.91 Å². The second-order valence-electron chi connectivity index (χ2n) is 8.94. The highest BCUT2D eigenvalue weighted by molar-refractivity contribution is 5.83. The molecule has 0 aliphatic heterocycles. The molecule has 0 aromatic heterocycles. The zero-order valence-electron chi connectivity index (χ0n) is 19.5. The molecule has 0 saturated heterocycles. The highest BCUT2D eigenvalue weighted by Crippen LogP contribution is 2.20. The van der Waals surface area contributed by atoms with Crippen molar-refractivity contribution in [2.24, 2.45) is 10.7 Å². The number of carbonyl (C=O) groups excluding carboxylic acids is 2. The van der Waals surface area contributed by atoms with Gasteiger partial charge < -0.3 is 21.2 Å². The lowest BCUT2D eigenvalue weighted by atomic mass is 9.88. The molecule has 1 aliphatic carbocycles. The molecule has 6 nitrogen and oxygen atoms in total. The van der Waals surface area contributed by atoms with Crippen molar-refractivity contribution in [1.82, 2.24) is 10.6 Å². The highest BCUT2D eigenvalue weighted by Gasteiger charge is 2.28. The zero-order chi connectivity index (χ0) is 22.1. The molecule has 0 heterocycles. The fourth-order valence-electron chi connectivity index (χ4n) is 4.17. The predicted octanol–water partition coefficient (Wildman–Crippen LogP) is 4.61. The molecule has 0 aromatic carbocycles. The minimum Gasteiger partial charge on any atom is -0.370 e. The Labute approximate surface area is 184 Å². The van der Waals surface area contributed by atoms with Gasteiger partial charge >= 0.3 is 0 Å². The summed E-state index contributed by atoms with van der Waals surface area (Å²) in [4.78, 5) is 28.3. The molecular weight excluding hydrogens is 376 g/mol. The van der Waals surface area contributed by atoms with E-state index in [1.54, 1.807) is 0 Å². The maximum absolute atomic E-state index is 12.1. The van der Waals surface area contributed by atoms with Crippen molar-refractivity contribution in [1.29, 1.82) is 0 Å². The lowest BCUT2D eigenvalue weighted by molar-refractivity contribution is -0.122. The molecule has 174 valence electrons.